The number of aromatic carboxylic acids is 1. The highest BCUT2D eigenvalue weighted by Crippen LogP contribution is 2.07. The number of amides is 2. The summed E-state index contributed by atoms with van der Waals surface area (Å²) in [7, 11) is 5.62. The molecule has 0 aromatic heterocycles. The Morgan fingerprint density at radius 2 is 1.76 bits per heavy atom. The SMILES string of the molecule is CC(CN(C)C)NC(=O)N(C)Cc1ccc(C(=O)O)cc1. The predicted octanol–water partition coefficient (Wildman–Crippen LogP) is 1.48. The van der Waals surface area contributed by atoms with Crippen molar-refractivity contribution in [2.45, 2.75) is 19.5 Å². The van der Waals surface area contributed by atoms with Gasteiger partial charge < -0.3 is 20.2 Å². The fourth-order valence-electron chi connectivity index (χ4n) is 2.01. The van der Waals surface area contributed by atoms with Gasteiger partial charge in [-0.2, -0.15) is 0 Å². The third-order valence-electron chi connectivity index (χ3n) is 2.98. The van der Waals surface area contributed by atoms with E-state index in [0.29, 0.717) is 6.54 Å². The number of hydrogen-bond donors (Lipinski definition) is 2. The third-order valence-corrected chi connectivity index (χ3v) is 2.98. The number of rotatable bonds is 6. The first-order valence-electron chi connectivity index (χ1n) is 6.78. The molecule has 0 fully saturated rings. The maximum absolute atomic E-state index is 12.0. The van der Waals surface area contributed by atoms with Crippen molar-refractivity contribution in [1.29, 1.82) is 0 Å². The molecule has 0 radical (unpaired) electrons. The first-order chi connectivity index (χ1) is 9.79. The highest BCUT2D eigenvalue weighted by molar-refractivity contribution is 5.87. The van der Waals surface area contributed by atoms with Gasteiger partial charge in [0.05, 0.1) is 5.56 Å². The van der Waals surface area contributed by atoms with Crippen LogP contribution in [0.2, 0.25) is 0 Å². The quantitative estimate of drug-likeness (QED) is 0.833. The van der Waals surface area contributed by atoms with E-state index in [1.807, 2.05) is 25.9 Å². The summed E-state index contributed by atoms with van der Waals surface area (Å²) in [5.74, 6) is -0.954. The zero-order valence-corrected chi connectivity index (χ0v) is 13.0. The van der Waals surface area contributed by atoms with E-state index < -0.39 is 5.97 Å². The van der Waals surface area contributed by atoms with Crippen molar-refractivity contribution in [3.63, 3.8) is 0 Å². The minimum Gasteiger partial charge on any atom is -0.478 e. The molecule has 6 nitrogen and oxygen atoms in total. The van der Waals surface area contributed by atoms with Crippen molar-refractivity contribution in [3.8, 4) is 0 Å². The summed E-state index contributed by atoms with van der Waals surface area (Å²) in [6, 6.07) is 6.43. The van der Waals surface area contributed by atoms with Gasteiger partial charge >= 0.3 is 12.0 Å². The topological polar surface area (TPSA) is 72.9 Å². The van der Waals surface area contributed by atoms with Gasteiger partial charge in [-0.1, -0.05) is 12.1 Å². The van der Waals surface area contributed by atoms with Gasteiger partial charge in [-0.25, -0.2) is 9.59 Å². The van der Waals surface area contributed by atoms with E-state index in [2.05, 4.69) is 5.32 Å². The van der Waals surface area contributed by atoms with Crippen molar-refractivity contribution < 1.29 is 14.7 Å². The molecule has 0 aliphatic heterocycles. The molecule has 0 spiro atoms. The number of benzene rings is 1. The van der Waals surface area contributed by atoms with Gasteiger partial charge in [0.25, 0.3) is 0 Å². The fraction of sp³-hybridized carbons (Fsp3) is 0.467. The highest BCUT2D eigenvalue weighted by Gasteiger charge is 2.13. The molecule has 0 heterocycles. The van der Waals surface area contributed by atoms with E-state index in [9.17, 15) is 9.59 Å². The molecule has 0 saturated carbocycles. The minimum absolute atomic E-state index is 0.0596. The van der Waals surface area contributed by atoms with E-state index in [1.165, 1.54) is 12.1 Å². The molecule has 1 atom stereocenters. The lowest BCUT2D eigenvalue weighted by Crippen LogP contribution is -2.45. The van der Waals surface area contributed by atoms with E-state index in [-0.39, 0.29) is 17.6 Å². The van der Waals surface area contributed by atoms with Crippen molar-refractivity contribution in [2.24, 2.45) is 0 Å². The molecule has 0 bridgehead atoms. The Bertz CT molecular complexity index is 485. The number of nitrogens with zero attached hydrogens (tertiary/aromatic N) is 2. The maximum Gasteiger partial charge on any atom is 0.335 e. The van der Waals surface area contributed by atoms with Crippen LogP contribution in [0.3, 0.4) is 0 Å². The molecule has 1 aromatic rings. The Labute approximate surface area is 125 Å². The maximum atomic E-state index is 12.0. The normalized spacial score (nSPS) is 12.0. The van der Waals surface area contributed by atoms with E-state index >= 15 is 0 Å². The van der Waals surface area contributed by atoms with Gasteiger partial charge in [0.1, 0.15) is 0 Å². The zero-order chi connectivity index (χ0) is 16.0. The summed E-state index contributed by atoms with van der Waals surface area (Å²) in [6.07, 6.45) is 0. The van der Waals surface area contributed by atoms with Crippen LogP contribution in [-0.4, -0.2) is 60.6 Å². The van der Waals surface area contributed by atoms with E-state index in [1.54, 1.807) is 24.1 Å². The summed E-state index contributed by atoms with van der Waals surface area (Å²) in [6.45, 7) is 3.15. The number of carbonyl (C=O) groups excluding carboxylic acids is 1. The number of likely N-dealkylation sites (N-methyl/N-ethyl adjacent to an activating group) is 1. The van der Waals surface area contributed by atoms with Crippen LogP contribution in [0.15, 0.2) is 24.3 Å². The van der Waals surface area contributed by atoms with Gasteiger partial charge in [0.15, 0.2) is 0 Å². The van der Waals surface area contributed by atoms with Crippen LogP contribution < -0.4 is 5.32 Å². The average Bonchev–Trinajstić information content (AvgIpc) is 2.38. The smallest absolute Gasteiger partial charge is 0.335 e. The summed E-state index contributed by atoms with van der Waals surface area (Å²) < 4.78 is 0. The number of nitrogens with one attached hydrogen (secondary N) is 1. The number of carboxylic acids is 1. The molecule has 2 amide bonds. The van der Waals surface area contributed by atoms with Crippen LogP contribution >= 0.6 is 0 Å². The predicted molar refractivity (Wildman–Crippen MR) is 81.4 cm³/mol. The fourth-order valence-corrected chi connectivity index (χ4v) is 2.01. The summed E-state index contributed by atoms with van der Waals surface area (Å²) >= 11 is 0. The van der Waals surface area contributed by atoms with Crippen molar-refractivity contribution in [1.82, 2.24) is 15.1 Å². The molecular weight excluding hydrogens is 270 g/mol. The Hall–Kier alpha value is -2.08. The second-order valence-electron chi connectivity index (χ2n) is 5.47. The molecular formula is C15H23N3O3. The summed E-state index contributed by atoms with van der Waals surface area (Å²) in [5, 5.41) is 11.8. The molecule has 0 aliphatic rings. The molecule has 0 aliphatic carbocycles. The summed E-state index contributed by atoms with van der Waals surface area (Å²) in [4.78, 5) is 26.4. The van der Waals surface area contributed by atoms with E-state index in [0.717, 1.165) is 12.1 Å². The molecule has 21 heavy (non-hydrogen) atoms. The van der Waals surface area contributed by atoms with Crippen molar-refractivity contribution in [3.05, 3.63) is 35.4 Å². The molecule has 2 N–H and O–H groups in total. The molecule has 6 heteroatoms. The summed E-state index contributed by atoms with van der Waals surface area (Å²) in [5.41, 5.74) is 1.13. The number of carboxylic acid groups (broad SMARTS) is 1. The Morgan fingerprint density at radius 3 is 2.24 bits per heavy atom. The molecule has 116 valence electrons. The molecule has 1 unspecified atom stereocenters. The largest absolute Gasteiger partial charge is 0.478 e. The first-order valence-corrected chi connectivity index (χ1v) is 6.78. The Balaban J connectivity index is 2.53. The van der Waals surface area contributed by atoms with Crippen LogP contribution in [0.25, 0.3) is 0 Å². The first kappa shape index (κ1) is 17.0. The van der Waals surface area contributed by atoms with Crippen molar-refractivity contribution in [2.75, 3.05) is 27.7 Å². The van der Waals surface area contributed by atoms with Gasteiger partial charge in [-0.3, -0.25) is 0 Å². The number of urea groups is 1. The lowest BCUT2D eigenvalue weighted by molar-refractivity contribution is 0.0697. The Kier molecular flexibility index (Phi) is 6.17. The lowest BCUT2D eigenvalue weighted by Gasteiger charge is -2.23. The van der Waals surface area contributed by atoms with Gasteiger partial charge in [-0.15, -0.1) is 0 Å². The minimum atomic E-state index is -0.954. The van der Waals surface area contributed by atoms with Crippen LogP contribution in [0.4, 0.5) is 4.79 Å². The van der Waals surface area contributed by atoms with Crippen LogP contribution in [-0.2, 0) is 6.54 Å². The number of carbonyl (C=O) groups is 2. The van der Waals surface area contributed by atoms with Crippen LogP contribution in [0.5, 0.6) is 0 Å². The Morgan fingerprint density at radius 1 is 1.19 bits per heavy atom. The van der Waals surface area contributed by atoms with Crippen LogP contribution in [0.1, 0.15) is 22.8 Å². The number of hydrogen-bond acceptors (Lipinski definition) is 3. The van der Waals surface area contributed by atoms with E-state index in [4.69, 9.17) is 5.11 Å². The highest BCUT2D eigenvalue weighted by atomic mass is 16.4. The second-order valence-corrected chi connectivity index (χ2v) is 5.47. The third kappa shape index (κ3) is 5.83. The molecule has 1 aromatic carbocycles. The van der Waals surface area contributed by atoms with Gasteiger partial charge in [-0.05, 0) is 38.7 Å². The molecule has 1 rings (SSSR count). The molecule has 0 saturated heterocycles. The van der Waals surface area contributed by atoms with Gasteiger partial charge in [0, 0.05) is 26.2 Å². The lowest BCUT2D eigenvalue weighted by atomic mass is 10.1. The van der Waals surface area contributed by atoms with Gasteiger partial charge in [0.2, 0.25) is 0 Å². The second kappa shape index (κ2) is 7.64. The average molecular weight is 293 g/mol. The van der Waals surface area contributed by atoms with Crippen LogP contribution in [0, 0.1) is 0 Å². The standard InChI is InChI=1S/C15H23N3O3/c1-11(9-17(2)3)16-15(21)18(4)10-12-5-7-13(8-6-12)14(19)20/h5-8,11H,9-10H2,1-4H3,(H,16,21)(H,19,20). The van der Waals surface area contributed by atoms with Crippen molar-refractivity contribution >= 4 is 12.0 Å². The monoisotopic (exact) mass is 293 g/mol. The zero-order valence-electron chi connectivity index (χ0n) is 13.0.